The van der Waals surface area contributed by atoms with Crippen molar-refractivity contribution in [2.24, 2.45) is 0 Å². The Morgan fingerprint density at radius 1 is 1.55 bits per heavy atom. The Kier molecular flexibility index (Phi) is 5.29. The molecule has 2 rings (SSSR count). The standard InChI is InChI=1S/C14H22N4O2/c1-11(19)5-2-7-15-13(20)12-6-3-10-18(12)14-16-8-4-9-17-14/h4,8-9,11-12,19H,2-3,5-7,10H2,1H3,(H,15,20). The van der Waals surface area contributed by atoms with E-state index in [2.05, 4.69) is 15.3 Å². The lowest BCUT2D eigenvalue weighted by Crippen LogP contribution is -2.44. The van der Waals surface area contributed by atoms with Gasteiger partial charge in [-0.3, -0.25) is 4.79 Å². The second-order valence-electron chi connectivity index (χ2n) is 5.18. The maximum atomic E-state index is 12.2. The molecule has 110 valence electrons. The molecular formula is C14H22N4O2. The first-order valence-electron chi connectivity index (χ1n) is 7.18. The SMILES string of the molecule is CC(O)CCCNC(=O)C1CCCN1c1ncccn1. The fraction of sp³-hybridized carbons (Fsp3) is 0.643. The van der Waals surface area contributed by atoms with E-state index in [9.17, 15) is 9.90 Å². The summed E-state index contributed by atoms with van der Waals surface area (Å²) < 4.78 is 0. The average Bonchev–Trinajstić information content (AvgIpc) is 2.93. The second kappa shape index (κ2) is 7.19. The van der Waals surface area contributed by atoms with Gasteiger partial charge in [-0.1, -0.05) is 0 Å². The minimum atomic E-state index is -0.312. The Hall–Kier alpha value is -1.69. The van der Waals surface area contributed by atoms with Crippen molar-refractivity contribution >= 4 is 11.9 Å². The van der Waals surface area contributed by atoms with Crippen molar-refractivity contribution in [2.75, 3.05) is 18.0 Å². The fourth-order valence-corrected chi connectivity index (χ4v) is 2.45. The maximum Gasteiger partial charge on any atom is 0.242 e. The lowest BCUT2D eigenvalue weighted by atomic mass is 10.2. The molecule has 2 N–H and O–H groups in total. The zero-order valence-corrected chi connectivity index (χ0v) is 11.8. The quantitative estimate of drug-likeness (QED) is 0.750. The van der Waals surface area contributed by atoms with Crippen molar-refractivity contribution < 1.29 is 9.90 Å². The summed E-state index contributed by atoms with van der Waals surface area (Å²) in [5.74, 6) is 0.648. The van der Waals surface area contributed by atoms with Gasteiger partial charge in [-0.05, 0) is 38.7 Å². The van der Waals surface area contributed by atoms with Crippen molar-refractivity contribution in [3.05, 3.63) is 18.5 Å². The van der Waals surface area contributed by atoms with E-state index in [1.54, 1.807) is 25.4 Å². The summed E-state index contributed by atoms with van der Waals surface area (Å²) in [7, 11) is 0. The first-order chi connectivity index (χ1) is 9.68. The molecule has 0 bridgehead atoms. The van der Waals surface area contributed by atoms with Crippen LogP contribution in [0.5, 0.6) is 0 Å². The molecule has 1 fully saturated rings. The number of aliphatic hydroxyl groups excluding tert-OH is 1. The van der Waals surface area contributed by atoms with Crippen LogP contribution in [-0.2, 0) is 4.79 Å². The van der Waals surface area contributed by atoms with Crippen LogP contribution in [-0.4, -0.2) is 46.2 Å². The van der Waals surface area contributed by atoms with Crippen molar-refractivity contribution in [2.45, 2.75) is 44.8 Å². The summed E-state index contributed by atoms with van der Waals surface area (Å²) in [6.45, 7) is 3.17. The van der Waals surface area contributed by atoms with Crippen LogP contribution in [0, 0.1) is 0 Å². The monoisotopic (exact) mass is 278 g/mol. The van der Waals surface area contributed by atoms with E-state index in [1.807, 2.05) is 4.90 Å². The maximum absolute atomic E-state index is 12.2. The summed E-state index contributed by atoms with van der Waals surface area (Å²) >= 11 is 0. The molecule has 1 aliphatic rings. The summed E-state index contributed by atoms with van der Waals surface area (Å²) in [5.41, 5.74) is 0. The lowest BCUT2D eigenvalue weighted by molar-refractivity contribution is -0.122. The summed E-state index contributed by atoms with van der Waals surface area (Å²) in [6.07, 6.45) is 6.38. The van der Waals surface area contributed by atoms with E-state index >= 15 is 0 Å². The van der Waals surface area contributed by atoms with E-state index in [0.29, 0.717) is 18.9 Å². The molecule has 1 aromatic rings. The number of rotatable bonds is 6. The highest BCUT2D eigenvalue weighted by Gasteiger charge is 2.31. The molecule has 6 heteroatoms. The first kappa shape index (κ1) is 14.7. The van der Waals surface area contributed by atoms with Crippen LogP contribution in [0.3, 0.4) is 0 Å². The number of hydrogen-bond donors (Lipinski definition) is 2. The molecule has 1 aliphatic heterocycles. The number of hydrogen-bond acceptors (Lipinski definition) is 5. The predicted molar refractivity (Wildman–Crippen MR) is 76.3 cm³/mol. The van der Waals surface area contributed by atoms with E-state index in [4.69, 9.17) is 0 Å². The van der Waals surface area contributed by atoms with Crippen LogP contribution in [0.25, 0.3) is 0 Å². The third-order valence-electron chi connectivity index (χ3n) is 3.46. The summed E-state index contributed by atoms with van der Waals surface area (Å²) in [5, 5.41) is 12.1. The van der Waals surface area contributed by atoms with E-state index in [-0.39, 0.29) is 18.1 Å². The molecule has 0 spiro atoms. The smallest absolute Gasteiger partial charge is 0.242 e. The van der Waals surface area contributed by atoms with Gasteiger partial charge in [-0.2, -0.15) is 0 Å². The third-order valence-corrected chi connectivity index (χ3v) is 3.46. The number of aromatic nitrogens is 2. The van der Waals surface area contributed by atoms with Crippen molar-refractivity contribution in [1.82, 2.24) is 15.3 Å². The molecule has 2 unspecified atom stereocenters. The number of nitrogens with zero attached hydrogens (tertiary/aromatic N) is 3. The largest absolute Gasteiger partial charge is 0.393 e. The molecule has 0 saturated carbocycles. The molecule has 20 heavy (non-hydrogen) atoms. The molecule has 0 radical (unpaired) electrons. The number of nitrogens with one attached hydrogen (secondary N) is 1. The van der Waals surface area contributed by atoms with Gasteiger partial charge in [0.05, 0.1) is 6.10 Å². The summed E-state index contributed by atoms with van der Waals surface area (Å²) in [4.78, 5) is 22.6. The molecule has 6 nitrogen and oxygen atoms in total. The molecular weight excluding hydrogens is 256 g/mol. The van der Waals surface area contributed by atoms with Gasteiger partial charge in [0.2, 0.25) is 11.9 Å². The number of aliphatic hydroxyl groups is 1. The average molecular weight is 278 g/mol. The second-order valence-corrected chi connectivity index (χ2v) is 5.18. The highest BCUT2D eigenvalue weighted by atomic mass is 16.3. The van der Waals surface area contributed by atoms with Crippen LogP contribution in [0.15, 0.2) is 18.5 Å². The Morgan fingerprint density at radius 3 is 3.00 bits per heavy atom. The van der Waals surface area contributed by atoms with Gasteiger partial charge < -0.3 is 15.3 Å². The number of anilines is 1. The molecule has 0 aliphatic carbocycles. The van der Waals surface area contributed by atoms with Crippen molar-refractivity contribution in [3.63, 3.8) is 0 Å². The van der Waals surface area contributed by atoms with Crippen molar-refractivity contribution in [3.8, 4) is 0 Å². The molecule has 1 aromatic heterocycles. The van der Waals surface area contributed by atoms with Crippen LogP contribution >= 0.6 is 0 Å². The highest BCUT2D eigenvalue weighted by Crippen LogP contribution is 2.21. The zero-order valence-electron chi connectivity index (χ0n) is 11.8. The van der Waals surface area contributed by atoms with Gasteiger partial charge in [0, 0.05) is 25.5 Å². The Labute approximate surface area is 119 Å². The molecule has 2 heterocycles. The number of amides is 1. The van der Waals surface area contributed by atoms with Gasteiger partial charge in [-0.15, -0.1) is 0 Å². The minimum absolute atomic E-state index is 0.0283. The van der Waals surface area contributed by atoms with E-state index in [0.717, 1.165) is 25.8 Å². The Bertz CT molecular complexity index is 424. The van der Waals surface area contributed by atoms with Gasteiger partial charge in [0.15, 0.2) is 0 Å². The van der Waals surface area contributed by atoms with Gasteiger partial charge in [0.25, 0.3) is 0 Å². The molecule has 1 amide bonds. The zero-order chi connectivity index (χ0) is 14.4. The normalized spacial score (nSPS) is 19.9. The Balaban J connectivity index is 1.86. The first-order valence-corrected chi connectivity index (χ1v) is 7.18. The van der Waals surface area contributed by atoms with Crippen LogP contribution < -0.4 is 10.2 Å². The topological polar surface area (TPSA) is 78.4 Å². The predicted octanol–water partition coefficient (Wildman–Crippen LogP) is 0.723. The van der Waals surface area contributed by atoms with Crippen molar-refractivity contribution in [1.29, 1.82) is 0 Å². The fourth-order valence-electron chi connectivity index (χ4n) is 2.45. The number of carbonyl (C=O) groups is 1. The molecule has 0 aromatic carbocycles. The minimum Gasteiger partial charge on any atom is -0.393 e. The highest BCUT2D eigenvalue weighted by molar-refractivity contribution is 5.85. The lowest BCUT2D eigenvalue weighted by Gasteiger charge is -2.23. The molecule has 1 saturated heterocycles. The van der Waals surface area contributed by atoms with Crippen LogP contribution in [0.2, 0.25) is 0 Å². The van der Waals surface area contributed by atoms with Gasteiger partial charge >= 0.3 is 0 Å². The van der Waals surface area contributed by atoms with Crippen LogP contribution in [0.4, 0.5) is 5.95 Å². The third kappa shape index (κ3) is 3.90. The summed E-state index contributed by atoms with van der Waals surface area (Å²) in [6, 6.07) is 1.59. The van der Waals surface area contributed by atoms with E-state index < -0.39 is 0 Å². The molecule has 2 atom stereocenters. The van der Waals surface area contributed by atoms with Gasteiger partial charge in [0.1, 0.15) is 6.04 Å². The van der Waals surface area contributed by atoms with Gasteiger partial charge in [-0.25, -0.2) is 9.97 Å². The van der Waals surface area contributed by atoms with E-state index in [1.165, 1.54) is 0 Å². The number of carbonyl (C=O) groups excluding carboxylic acids is 1. The van der Waals surface area contributed by atoms with Crippen LogP contribution in [0.1, 0.15) is 32.6 Å². The Morgan fingerprint density at radius 2 is 2.30 bits per heavy atom.